The molecule has 2 aromatic heterocycles. The lowest BCUT2D eigenvalue weighted by Gasteiger charge is -2.26. The normalized spacial score (nSPS) is 11.8. The summed E-state index contributed by atoms with van der Waals surface area (Å²) in [5, 5.41) is 10.4. The minimum atomic E-state index is 1.13. The maximum absolute atomic E-state index is 2.42. The lowest BCUT2D eigenvalue weighted by atomic mass is 9.91. The molecule has 0 aliphatic heterocycles. The molecule has 0 atom stereocenters. The van der Waals surface area contributed by atoms with Crippen LogP contribution >= 0.6 is 22.7 Å². The lowest BCUT2D eigenvalue weighted by molar-refractivity contribution is 1.30. The van der Waals surface area contributed by atoms with Gasteiger partial charge in [-0.1, -0.05) is 140 Å². The van der Waals surface area contributed by atoms with Crippen molar-refractivity contribution in [3.8, 4) is 22.3 Å². The topological polar surface area (TPSA) is 3.24 Å². The van der Waals surface area contributed by atoms with Gasteiger partial charge in [0.05, 0.1) is 0 Å². The molecule has 0 bridgehead atoms. The first kappa shape index (κ1) is 30.4. The third-order valence-electron chi connectivity index (χ3n) is 10.6. The number of fused-ring (bicyclic) bond motifs is 9. The Balaban J connectivity index is 1.08. The molecule has 1 nitrogen and oxygen atoms in total. The van der Waals surface area contributed by atoms with Crippen molar-refractivity contribution in [1.82, 2.24) is 0 Å². The van der Waals surface area contributed by atoms with Crippen molar-refractivity contribution in [3.05, 3.63) is 188 Å². The van der Waals surface area contributed by atoms with Gasteiger partial charge in [-0.3, -0.25) is 0 Å². The summed E-state index contributed by atoms with van der Waals surface area (Å²) in [5.74, 6) is 0. The Hall–Kier alpha value is -6.26. The van der Waals surface area contributed by atoms with Gasteiger partial charge in [0.2, 0.25) is 0 Å². The highest BCUT2D eigenvalue weighted by molar-refractivity contribution is 7.26. The van der Waals surface area contributed by atoms with E-state index in [4.69, 9.17) is 0 Å². The molecule has 248 valence electrons. The van der Waals surface area contributed by atoms with Gasteiger partial charge in [0, 0.05) is 57.4 Å². The van der Waals surface area contributed by atoms with E-state index in [1.54, 1.807) is 0 Å². The maximum Gasteiger partial charge on any atom is 0.0476 e. The van der Waals surface area contributed by atoms with Crippen molar-refractivity contribution in [3.63, 3.8) is 0 Å². The fourth-order valence-electron chi connectivity index (χ4n) is 8.20. The molecule has 0 spiro atoms. The van der Waals surface area contributed by atoms with Crippen LogP contribution in [0.3, 0.4) is 0 Å². The van der Waals surface area contributed by atoms with Crippen molar-refractivity contribution < 1.29 is 0 Å². The molecule has 0 amide bonds. The van der Waals surface area contributed by atoms with E-state index >= 15 is 0 Å². The van der Waals surface area contributed by atoms with Crippen LogP contribution in [0.25, 0.3) is 84.1 Å². The monoisotopic (exact) mass is 709 g/mol. The Morgan fingerprint density at radius 2 is 0.868 bits per heavy atom. The summed E-state index contributed by atoms with van der Waals surface area (Å²) < 4.78 is 5.23. The molecule has 0 saturated heterocycles. The van der Waals surface area contributed by atoms with E-state index in [0.29, 0.717) is 0 Å². The number of thiophene rings is 2. The zero-order valence-corrected chi connectivity index (χ0v) is 30.3. The molecule has 53 heavy (non-hydrogen) atoms. The minimum absolute atomic E-state index is 1.13. The summed E-state index contributed by atoms with van der Waals surface area (Å²) in [6, 6.07) is 69.2. The van der Waals surface area contributed by atoms with Crippen molar-refractivity contribution >= 4 is 102 Å². The molecule has 0 saturated carbocycles. The Morgan fingerprint density at radius 3 is 1.64 bits per heavy atom. The van der Waals surface area contributed by atoms with Crippen LogP contribution in [-0.2, 0) is 0 Å². The molecule has 0 aliphatic carbocycles. The van der Waals surface area contributed by atoms with Crippen LogP contribution in [0, 0.1) is 0 Å². The summed E-state index contributed by atoms with van der Waals surface area (Å²) in [5.41, 5.74) is 8.36. The summed E-state index contributed by atoms with van der Waals surface area (Å²) in [6.45, 7) is 0. The summed E-state index contributed by atoms with van der Waals surface area (Å²) in [7, 11) is 0. The van der Waals surface area contributed by atoms with Gasteiger partial charge in [-0.15, -0.1) is 22.7 Å². The van der Waals surface area contributed by atoms with Crippen LogP contribution in [0.15, 0.2) is 188 Å². The van der Waals surface area contributed by atoms with E-state index in [2.05, 4.69) is 193 Å². The molecule has 0 aliphatic rings. The highest BCUT2D eigenvalue weighted by Crippen LogP contribution is 2.45. The highest BCUT2D eigenvalue weighted by Gasteiger charge is 2.18. The van der Waals surface area contributed by atoms with E-state index in [-0.39, 0.29) is 0 Å². The fraction of sp³-hybridized carbons (Fsp3) is 0. The number of hydrogen-bond donors (Lipinski definition) is 0. The van der Waals surface area contributed by atoms with Crippen molar-refractivity contribution in [2.45, 2.75) is 0 Å². The van der Waals surface area contributed by atoms with Crippen molar-refractivity contribution in [2.75, 3.05) is 4.90 Å². The van der Waals surface area contributed by atoms with Crippen LogP contribution in [0.4, 0.5) is 17.1 Å². The molecule has 0 N–H and O–H groups in total. The van der Waals surface area contributed by atoms with Gasteiger partial charge in [-0.2, -0.15) is 0 Å². The number of benzene rings is 9. The molecule has 0 fully saturated rings. The van der Waals surface area contributed by atoms with Gasteiger partial charge < -0.3 is 4.90 Å². The van der Waals surface area contributed by atoms with Crippen molar-refractivity contribution in [1.29, 1.82) is 0 Å². The van der Waals surface area contributed by atoms with E-state index < -0.39 is 0 Å². The predicted molar refractivity (Wildman–Crippen MR) is 233 cm³/mol. The summed E-state index contributed by atoms with van der Waals surface area (Å²) in [6.07, 6.45) is 0. The largest absolute Gasteiger partial charge is 0.310 e. The molecule has 3 heteroatoms. The van der Waals surface area contributed by atoms with E-state index in [9.17, 15) is 0 Å². The zero-order valence-electron chi connectivity index (χ0n) is 28.7. The Labute approximate surface area is 315 Å². The third-order valence-corrected chi connectivity index (χ3v) is 12.9. The molecule has 0 radical (unpaired) electrons. The summed E-state index contributed by atoms with van der Waals surface area (Å²) in [4.78, 5) is 2.42. The van der Waals surface area contributed by atoms with Gasteiger partial charge in [0.1, 0.15) is 0 Å². The molecular weight excluding hydrogens is 679 g/mol. The predicted octanol–water partition coefficient (Wildman–Crippen LogP) is 15.5. The number of hydrogen-bond acceptors (Lipinski definition) is 3. The first-order chi connectivity index (χ1) is 26.3. The highest BCUT2D eigenvalue weighted by atomic mass is 32.1. The van der Waals surface area contributed by atoms with Gasteiger partial charge in [0.25, 0.3) is 0 Å². The van der Waals surface area contributed by atoms with E-state index in [1.165, 1.54) is 84.1 Å². The Bertz CT molecular complexity index is 3160. The molecule has 11 aromatic rings. The molecular formula is C50H31NS2. The van der Waals surface area contributed by atoms with Crippen LogP contribution in [-0.4, -0.2) is 0 Å². The van der Waals surface area contributed by atoms with Crippen LogP contribution < -0.4 is 4.90 Å². The van der Waals surface area contributed by atoms with E-state index in [0.717, 1.165) is 17.1 Å². The molecule has 11 rings (SSSR count). The fourth-order valence-corrected chi connectivity index (χ4v) is 10.5. The quantitative estimate of drug-likeness (QED) is 0.172. The second-order valence-electron chi connectivity index (χ2n) is 13.7. The zero-order chi connectivity index (χ0) is 34.9. The average molecular weight is 710 g/mol. The third kappa shape index (κ3) is 4.97. The number of rotatable bonds is 5. The van der Waals surface area contributed by atoms with Gasteiger partial charge in [-0.25, -0.2) is 0 Å². The van der Waals surface area contributed by atoms with Crippen LogP contribution in [0.5, 0.6) is 0 Å². The maximum atomic E-state index is 2.42. The van der Waals surface area contributed by atoms with Gasteiger partial charge in [-0.05, 0) is 92.3 Å². The van der Waals surface area contributed by atoms with Gasteiger partial charge in [0.15, 0.2) is 0 Å². The molecule has 0 unspecified atom stereocenters. The number of nitrogens with zero attached hydrogens (tertiary/aromatic N) is 1. The van der Waals surface area contributed by atoms with Gasteiger partial charge >= 0.3 is 0 Å². The van der Waals surface area contributed by atoms with Crippen LogP contribution in [0.1, 0.15) is 0 Å². The molecule has 2 heterocycles. The standard InChI is InChI=1S/C50H31NS2/c1-2-10-32(11-3-1)39-17-8-13-35-14-9-18-40(49(35)39)34-20-23-36(24-21-34)51(37-25-27-43-42-16-6-7-19-45(42)52-47(43)30-37)38-26-28-44-48(31-38)53-46-29-22-33-12-4-5-15-41(33)50(44)46/h1-31H. The first-order valence-electron chi connectivity index (χ1n) is 18.0. The lowest BCUT2D eigenvalue weighted by Crippen LogP contribution is -2.09. The average Bonchev–Trinajstić information content (AvgIpc) is 3.79. The SMILES string of the molecule is c1ccc(-c2cccc3cccc(-c4ccc(N(c5ccc6c(c5)sc5ccccc56)c5ccc6c(c5)sc5ccc7ccccc7c56)cc4)c23)cc1. The second-order valence-corrected chi connectivity index (χ2v) is 15.8. The smallest absolute Gasteiger partial charge is 0.0476 e. The van der Waals surface area contributed by atoms with Crippen molar-refractivity contribution in [2.24, 2.45) is 0 Å². The number of anilines is 3. The summed E-state index contributed by atoms with van der Waals surface area (Å²) >= 11 is 3.75. The van der Waals surface area contributed by atoms with E-state index in [1.807, 2.05) is 22.7 Å². The Morgan fingerprint density at radius 1 is 0.302 bits per heavy atom. The van der Waals surface area contributed by atoms with Crippen LogP contribution in [0.2, 0.25) is 0 Å². The second kappa shape index (κ2) is 12.2. The first-order valence-corrected chi connectivity index (χ1v) is 19.6. The molecule has 9 aromatic carbocycles. The minimum Gasteiger partial charge on any atom is -0.310 e. The Kier molecular flexibility index (Phi) is 6.97.